The molecule has 0 bridgehead atoms. The molecule has 4 nitrogen and oxygen atoms in total. The van der Waals surface area contributed by atoms with Crippen LogP contribution in [0, 0.1) is 0 Å². The van der Waals surface area contributed by atoms with Gasteiger partial charge in [0.15, 0.2) is 0 Å². The molecule has 1 aliphatic heterocycles. The van der Waals surface area contributed by atoms with Crippen LogP contribution in [-0.2, 0) is 14.5 Å². The van der Waals surface area contributed by atoms with Crippen LogP contribution in [0.1, 0.15) is 12.0 Å². The van der Waals surface area contributed by atoms with Crippen molar-refractivity contribution in [1.29, 1.82) is 0 Å². The molecule has 1 saturated heterocycles. The Kier molecular flexibility index (Phi) is 3.38. The summed E-state index contributed by atoms with van der Waals surface area (Å²) in [6.45, 7) is 0.235. The SMILES string of the molecule is O=S1(=O)NC(/C=C/c2ccccc2)CCO1. The Morgan fingerprint density at radius 3 is 2.75 bits per heavy atom. The van der Waals surface area contributed by atoms with Gasteiger partial charge in [0.25, 0.3) is 0 Å². The lowest BCUT2D eigenvalue weighted by Gasteiger charge is -2.20. The third-order valence-electron chi connectivity index (χ3n) is 2.28. The molecule has 0 aromatic heterocycles. The molecule has 0 radical (unpaired) electrons. The van der Waals surface area contributed by atoms with Crippen LogP contribution < -0.4 is 4.72 Å². The molecule has 1 fully saturated rings. The highest BCUT2D eigenvalue weighted by atomic mass is 32.2. The van der Waals surface area contributed by atoms with Crippen molar-refractivity contribution in [3.05, 3.63) is 42.0 Å². The smallest absolute Gasteiger partial charge is 0.258 e. The first-order valence-corrected chi connectivity index (χ1v) is 6.46. The highest BCUT2D eigenvalue weighted by Crippen LogP contribution is 2.09. The minimum atomic E-state index is -3.54. The van der Waals surface area contributed by atoms with Gasteiger partial charge >= 0.3 is 10.3 Å². The van der Waals surface area contributed by atoms with Crippen LogP contribution >= 0.6 is 0 Å². The van der Waals surface area contributed by atoms with E-state index in [0.717, 1.165) is 5.56 Å². The molecule has 16 heavy (non-hydrogen) atoms. The summed E-state index contributed by atoms with van der Waals surface area (Å²) >= 11 is 0. The van der Waals surface area contributed by atoms with Crippen molar-refractivity contribution >= 4 is 16.4 Å². The minimum absolute atomic E-state index is 0.182. The van der Waals surface area contributed by atoms with Crippen LogP contribution in [0.25, 0.3) is 6.08 Å². The molecule has 1 aromatic rings. The second kappa shape index (κ2) is 4.78. The van der Waals surface area contributed by atoms with Crippen LogP contribution in [-0.4, -0.2) is 21.1 Å². The minimum Gasteiger partial charge on any atom is -0.258 e. The van der Waals surface area contributed by atoms with E-state index in [1.54, 1.807) is 0 Å². The Labute approximate surface area is 95.2 Å². The Morgan fingerprint density at radius 2 is 2.06 bits per heavy atom. The van der Waals surface area contributed by atoms with Crippen molar-refractivity contribution < 1.29 is 12.6 Å². The lowest BCUT2D eigenvalue weighted by Crippen LogP contribution is -2.40. The Morgan fingerprint density at radius 1 is 1.31 bits per heavy atom. The zero-order valence-electron chi connectivity index (χ0n) is 8.67. The van der Waals surface area contributed by atoms with Gasteiger partial charge in [-0.2, -0.15) is 13.1 Å². The molecule has 0 saturated carbocycles. The molecule has 1 heterocycles. The van der Waals surface area contributed by atoms with Crippen LogP contribution in [0.5, 0.6) is 0 Å². The summed E-state index contributed by atoms with van der Waals surface area (Å²) in [7, 11) is -3.54. The molecule has 86 valence electrons. The maximum absolute atomic E-state index is 11.1. The lowest BCUT2D eigenvalue weighted by molar-refractivity contribution is 0.269. The molecule has 0 aliphatic carbocycles. The molecular formula is C11H13NO3S. The van der Waals surface area contributed by atoms with Gasteiger partial charge in [-0.05, 0) is 12.0 Å². The molecule has 1 atom stereocenters. The summed E-state index contributed by atoms with van der Waals surface area (Å²) in [4.78, 5) is 0. The Bertz CT molecular complexity index is 467. The van der Waals surface area contributed by atoms with E-state index in [-0.39, 0.29) is 12.6 Å². The Balaban J connectivity index is 2.02. The zero-order valence-corrected chi connectivity index (χ0v) is 9.48. The number of hydrogen-bond donors (Lipinski definition) is 1. The van der Waals surface area contributed by atoms with Gasteiger partial charge in [0.1, 0.15) is 0 Å². The highest BCUT2D eigenvalue weighted by Gasteiger charge is 2.21. The van der Waals surface area contributed by atoms with Gasteiger partial charge in [-0.25, -0.2) is 0 Å². The van der Waals surface area contributed by atoms with E-state index in [1.807, 2.05) is 42.5 Å². The van der Waals surface area contributed by atoms with Gasteiger partial charge in [-0.15, -0.1) is 0 Å². The molecule has 1 unspecified atom stereocenters. The van der Waals surface area contributed by atoms with Crippen LogP contribution in [0.2, 0.25) is 0 Å². The lowest BCUT2D eigenvalue weighted by atomic mass is 10.1. The summed E-state index contributed by atoms with van der Waals surface area (Å²) in [5.74, 6) is 0. The number of hydrogen-bond acceptors (Lipinski definition) is 3. The molecule has 1 aliphatic rings. The number of rotatable bonds is 2. The van der Waals surface area contributed by atoms with Gasteiger partial charge in [-0.3, -0.25) is 4.18 Å². The highest BCUT2D eigenvalue weighted by molar-refractivity contribution is 7.84. The largest absolute Gasteiger partial charge is 0.336 e. The molecule has 1 aromatic carbocycles. The van der Waals surface area contributed by atoms with Gasteiger partial charge in [-0.1, -0.05) is 42.5 Å². The first kappa shape index (κ1) is 11.3. The van der Waals surface area contributed by atoms with Crippen LogP contribution in [0.3, 0.4) is 0 Å². The summed E-state index contributed by atoms with van der Waals surface area (Å²) in [6, 6.07) is 9.56. The predicted molar refractivity (Wildman–Crippen MR) is 61.9 cm³/mol. The van der Waals surface area contributed by atoms with E-state index in [9.17, 15) is 8.42 Å². The molecule has 2 rings (SSSR count). The first-order valence-electron chi connectivity index (χ1n) is 5.06. The summed E-state index contributed by atoms with van der Waals surface area (Å²) in [5, 5.41) is 0. The number of benzene rings is 1. The van der Waals surface area contributed by atoms with E-state index in [4.69, 9.17) is 0 Å². The standard InChI is InChI=1S/C11H13NO3S/c13-16(14)12-11(8-9-15-16)7-6-10-4-2-1-3-5-10/h1-7,11-12H,8-9H2/b7-6+. The zero-order chi connectivity index (χ0) is 11.4. The van der Waals surface area contributed by atoms with E-state index in [2.05, 4.69) is 8.91 Å². The second-order valence-electron chi connectivity index (χ2n) is 3.56. The fourth-order valence-electron chi connectivity index (χ4n) is 1.49. The fourth-order valence-corrected chi connectivity index (χ4v) is 2.44. The quantitative estimate of drug-likeness (QED) is 0.847. The van der Waals surface area contributed by atoms with E-state index in [0.29, 0.717) is 6.42 Å². The van der Waals surface area contributed by atoms with Crippen LogP contribution in [0.15, 0.2) is 36.4 Å². The van der Waals surface area contributed by atoms with Gasteiger partial charge in [0.2, 0.25) is 0 Å². The average molecular weight is 239 g/mol. The molecule has 1 N–H and O–H groups in total. The molecule has 0 spiro atoms. The third kappa shape index (κ3) is 3.16. The average Bonchev–Trinajstić information content (AvgIpc) is 2.27. The number of nitrogens with one attached hydrogen (secondary N) is 1. The first-order chi connectivity index (χ1) is 7.66. The predicted octanol–water partition coefficient (Wildman–Crippen LogP) is 1.32. The van der Waals surface area contributed by atoms with Crippen molar-refractivity contribution in [1.82, 2.24) is 4.72 Å². The normalized spacial score (nSPS) is 24.6. The van der Waals surface area contributed by atoms with Crippen molar-refractivity contribution in [3.63, 3.8) is 0 Å². The van der Waals surface area contributed by atoms with Crippen molar-refractivity contribution in [2.75, 3.05) is 6.61 Å². The third-order valence-corrected chi connectivity index (χ3v) is 3.35. The summed E-state index contributed by atoms with van der Waals surface area (Å²) < 4.78 is 29.2. The van der Waals surface area contributed by atoms with Crippen LogP contribution in [0.4, 0.5) is 0 Å². The second-order valence-corrected chi connectivity index (χ2v) is 4.94. The van der Waals surface area contributed by atoms with E-state index in [1.165, 1.54) is 0 Å². The molecule has 0 amide bonds. The van der Waals surface area contributed by atoms with E-state index < -0.39 is 10.3 Å². The van der Waals surface area contributed by atoms with Gasteiger partial charge in [0.05, 0.1) is 6.61 Å². The molecular weight excluding hydrogens is 226 g/mol. The topological polar surface area (TPSA) is 55.4 Å². The monoisotopic (exact) mass is 239 g/mol. The van der Waals surface area contributed by atoms with Crippen molar-refractivity contribution in [3.8, 4) is 0 Å². The van der Waals surface area contributed by atoms with Crippen molar-refractivity contribution in [2.45, 2.75) is 12.5 Å². The van der Waals surface area contributed by atoms with Gasteiger partial charge < -0.3 is 0 Å². The maximum atomic E-state index is 11.1. The van der Waals surface area contributed by atoms with E-state index >= 15 is 0 Å². The molecule has 5 heteroatoms. The van der Waals surface area contributed by atoms with Gasteiger partial charge in [0, 0.05) is 6.04 Å². The maximum Gasteiger partial charge on any atom is 0.336 e. The Hall–Kier alpha value is -1.17. The summed E-state index contributed by atoms with van der Waals surface area (Å²) in [5.41, 5.74) is 1.05. The summed E-state index contributed by atoms with van der Waals surface area (Å²) in [6.07, 6.45) is 4.40. The van der Waals surface area contributed by atoms with Crippen molar-refractivity contribution in [2.24, 2.45) is 0 Å². The fraction of sp³-hybridized carbons (Fsp3) is 0.273.